The van der Waals surface area contributed by atoms with Gasteiger partial charge < -0.3 is 28.4 Å². The normalized spacial score (nSPS) is 18.2. The number of pyridine rings is 1. The average molecular weight is 386 g/mol. The molecule has 1 aromatic carbocycles. The van der Waals surface area contributed by atoms with E-state index in [1.165, 1.54) is 0 Å². The zero-order valence-electron chi connectivity index (χ0n) is 16.8. The third-order valence-electron chi connectivity index (χ3n) is 5.61. The smallest absolute Gasteiger partial charge is 0.187 e. The molecule has 7 heteroatoms. The molecule has 2 aromatic rings. The molecule has 1 saturated heterocycles. The standard InChI is InChI=1S/C21H26N2O5/c1-13-16(24)11-18(22(2)19-12-27-9-10-28-19)23-8-7-15-14(20(13)23)5-6-17(25-3)21(15)26-4/h5-6,11,19H,7-10,12H2,1-4H3. The van der Waals surface area contributed by atoms with Crippen molar-refractivity contribution >= 4 is 5.82 Å². The van der Waals surface area contributed by atoms with Gasteiger partial charge in [0, 0.05) is 36.3 Å². The number of anilines is 1. The number of hydrogen-bond acceptors (Lipinski definition) is 6. The summed E-state index contributed by atoms with van der Waals surface area (Å²) in [5.41, 5.74) is 3.74. The lowest BCUT2D eigenvalue weighted by molar-refractivity contribution is -0.0869. The van der Waals surface area contributed by atoms with Crippen molar-refractivity contribution in [3.63, 3.8) is 0 Å². The summed E-state index contributed by atoms with van der Waals surface area (Å²) in [4.78, 5) is 14.8. The molecule has 0 N–H and O–H groups in total. The van der Waals surface area contributed by atoms with Crippen LogP contribution in [0.4, 0.5) is 5.82 Å². The fourth-order valence-electron chi connectivity index (χ4n) is 4.13. The van der Waals surface area contributed by atoms with E-state index in [9.17, 15) is 4.79 Å². The summed E-state index contributed by atoms with van der Waals surface area (Å²) in [6, 6.07) is 5.60. The van der Waals surface area contributed by atoms with Crippen molar-refractivity contribution < 1.29 is 18.9 Å². The summed E-state index contributed by atoms with van der Waals surface area (Å²) < 4.78 is 24.7. The van der Waals surface area contributed by atoms with Gasteiger partial charge in [0.05, 0.1) is 39.7 Å². The second-order valence-corrected chi connectivity index (χ2v) is 7.08. The van der Waals surface area contributed by atoms with Crippen LogP contribution in [0.15, 0.2) is 23.0 Å². The Morgan fingerprint density at radius 3 is 2.71 bits per heavy atom. The van der Waals surface area contributed by atoms with Crippen LogP contribution in [-0.4, -0.2) is 51.9 Å². The molecule has 1 unspecified atom stereocenters. The molecule has 7 nitrogen and oxygen atoms in total. The summed E-state index contributed by atoms with van der Waals surface area (Å²) >= 11 is 0. The highest BCUT2D eigenvalue weighted by atomic mass is 16.6. The van der Waals surface area contributed by atoms with E-state index in [0.717, 1.165) is 46.9 Å². The van der Waals surface area contributed by atoms with E-state index in [2.05, 4.69) is 4.57 Å². The highest BCUT2D eigenvalue weighted by Gasteiger charge is 2.29. The molecule has 0 radical (unpaired) electrons. The fraction of sp³-hybridized carbons (Fsp3) is 0.476. The minimum absolute atomic E-state index is 0.00691. The van der Waals surface area contributed by atoms with Crippen LogP contribution in [0.3, 0.4) is 0 Å². The summed E-state index contributed by atoms with van der Waals surface area (Å²) in [7, 11) is 5.23. The van der Waals surface area contributed by atoms with Crippen LogP contribution >= 0.6 is 0 Å². The van der Waals surface area contributed by atoms with Gasteiger partial charge in [0.2, 0.25) is 0 Å². The van der Waals surface area contributed by atoms with Crippen LogP contribution in [0.1, 0.15) is 11.1 Å². The molecule has 28 heavy (non-hydrogen) atoms. The summed E-state index contributed by atoms with van der Waals surface area (Å²) in [5.74, 6) is 2.28. The monoisotopic (exact) mass is 386 g/mol. The van der Waals surface area contributed by atoms with Gasteiger partial charge in [-0.05, 0) is 25.5 Å². The van der Waals surface area contributed by atoms with E-state index in [0.29, 0.717) is 25.6 Å². The van der Waals surface area contributed by atoms with E-state index in [4.69, 9.17) is 18.9 Å². The molecule has 1 aromatic heterocycles. The van der Waals surface area contributed by atoms with Gasteiger partial charge in [-0.2, -0.15) is 0 Å². The summed E-state index contributed by atoms with van der Waals surface area (Å²) in [6.45, 7) is 4.25. The lowest BCUT2D eigenvalue weighted by atomic mass is 9.93. The molecule has 0 amide bonds. The number of aromatic nitrogens is 1. The van der Waals surface area contributed by atoms with Crippen molar-refractivity contribution in [2.45, 2.75) is 26.1 Å². The Morgan fingerprint density at radius 1 is 1.21 bits per heavy atom. The van der Waals surface area contributed by atoms with E-state index in [1.807, 2.05) is 31.0 Å². The van der Waals surface area contributed by atoms with E-state index >= 15 is 0 Å². The Hall–Kier alpha value is -2.51. The quantitative estimate of drug-likeness (QED) is 0.803. The zero-order valence-corrected chi connectivity index (χ0v) is 16.8. The minimum atomic E-state index is -0.209. The Labute approximate surface area is 164 Å². The molecule has 0 spiro atoms. The van der Waals surface area contributed by atoms with Crippen molar-refractivity contribution in [2.75, 3.05) is 46.0 Å². The maximum absolute atomic E-state index is 12.8. The lowest BCUT2D eigenvalue weighted by Gasteiger charge is -2.36. The molecule has 3 heterocycles. The number of ether oxygens (including phenoxy) is 4. The van der Waals surface area contributed by atoms with Crippen LogP contribution in [0, 0.1) is 6.92 Å². The first kappa shape index (κ1) is 18.8. The number of likely N-dealkylation sites (N-methyl/N-ethyl adjacent to an activating group) is 1. The molecule has 0 bridgehead atoms. The number of benzene rings is 1. The Bertz CT molecular complexity index is 947. The molecule has 150 valence electrons. The van der Waals surface area contributed by atoms with Gasteiger partial charge in [-0.25, -0.2) is 0 Å². The van der Waals surface area contributed by atoms with Crippen LogP contribution < -0.4 is 19.8 Å². The average Bonchev–Trinajstić information content (AvgIpc) is 2.74. The predicted molar refractivity (Wildman–Crippen MR) is 107 cm³/mol. The minimum Gasteiger partial charge on any atom is -0.493 e. The first-order valence-electron chi connectivity index (χ1n) is 9.47. The Balaban J connectivity index is 1.88. The largest absolute Gasteiger partial charge is 0.493 e. The third-order valence-corrected chi connectivity index (χ3v) is 5.61. The molecular weight excluding hydrogens is 360 g/mol. The van der Waals surface area contributed by atoms with Crippen LogP contribution in [-0.2, 0) is 22.4 Å². The molecular formula is C21H26N2O5. The van der Waals surface area contributed by atoms with E-state index in [-0.39, 0.29) is 11.7 Å². The van der Waals surface area contributed by atoms with Crippen molar-refractivity contribution in [1.82, 2.24) is 4.57 Å². The van der Waals surface area contributed by atoms with Gasteiger partial charge in [0.1, 0.15) is 5.82 Å². The number of fused-ring (bicyclic) bond motifs is 3. The topological polar surface area (TPSA) is 62.2 Å². The van der Waals surface area contributed by atoms with Crippen LogP contribution in [0.2, 0.25) is 0 Å². The second-order valence-electron chi connectivity index (χ2n) is 7.08. The molecule has 1 atom stereocenters. The first-order valence-corrected chi connectivity index (χ1v) is 9.47. The van der Waals surface area contributed by atoms with Gasteiger partial charge in [-0.1, -0.05) is 0 Å². The Kier molecular flexibility index (Phi) is 5.03. The summed E-state index contributed by atoms with van der Waals surface area (Å²) in [6.07, 6.45) is 0.577. The van der Waals surface area contributed by atoms with Crippen molar-refractivity contribution in [3.05, 3.63) is 39.5 Å². The molecule has 1 fully saturated rings. The maximum atomic E-state index is 12.8. The number of rotatable bonds is 4. The Morgan fingerprint density at radius 2 is 2.04 bits per heavy atom. The highest BCUT2D eigenvalue weighted by Crippen LogP contribution is 2.42. The maximum Gasteiger partial charge on any atom is 0.187 e. The van der Waals surface area contributed by atoms with E-state index in [1.54, 1.807) is 20.3 Å². The van der Waals surface area contributed by atoms with E-state index < -0.39 is 0 Å². The summed E-state index contributed by atoms with van der Waals surface area (Å²) in [5, 5.41) is 0. The fourth-order valence-corrected chi connectivity index (χ4v) is 4.13. The predicted octanol–water partition coefficient (Wildman–Crippen LogP) is 2.21. The van der Waals surface area contributed by atoms with Gasteiger partial charge in [0.25, 0.3) is 0 Å². The third kappa shape index (κ3) is 2.95. The molecule has 2 aliphatic heterocycles. The van der Waals surface area contributed by atoms with Gasteiger partial charge >= 0.3 is 0 Å². The van der Waals surface area contributed by atoms with Crippen LogP contribution in [0.5, 0.6) is 11.5 Å². The SMILES string of the molecule is COc1ccc2c(c1OC)CCn1c(N(C)C3COCCO3)cc(=O)c(C)c1-2. The highest BCUT2D eigenvalue weighted by molar-refractivity contribution is 5.75. The molecule has 0 aliphatic carbocycles. The molecule has 2 aliphatic rings. The molecule has 0 saturated carbocycles. The van der Waals surface area contributed by atoms with Gasteiger partial charge in [-0.15, -0.1) is 0 Å². The number of nitrogens with zero attached hydrogens (tertiary/aromatic N) is 2. The van der Waals surface area contributed by atoms with Gasteiger partial charge in [0.15, 0.2) is 23.2 Å². The zero-order chi connectivity index (χ0) is 19.8. The number of methoxy groups -OCH3 is 2. The van der Waals surface area contributed by atoms with Crippen molar-refractivity contribution in [1.29, 1.82) is 0 Å². The van der Waals surface area contributed by atoms with Crippen LogP contribution in [0.25, 0.3) is 11.3 Å². The lowest BCUT2D eigenvalue weighted by Crippen LogP contribution is -2.44. The van der Waals surface area contributed by atoms with Gasteiger partial charge in [-0.3, -0.25) is 4.79 Å². The van der Waals surface area contributed by atoms with Crippen molar-refractivity contribution in [3.8, 4) is 22.8 Å². The van der Waals surface area contributed by atoms with Crippen molar-refractivity contribution in [2.24, 2.45) is 0 Å². The molecule has 4 rings (SSSR count). The number of hydrogen-bond donors (Lipinski definition) is 0. The second kappa shape index (κ2) is 7.48. The first-order chi connectivity index (χ1) is 13.6.